The molecule has 0 aliphatic carbocycles. The molecule has 0 aromatic heterocycles. The highest BCUT2D eigenvalue weighted by Gasteiger charge is 2.51. The summed E-state index contributed by atoms with van der Waals surface area (Å²) in [7, 11) is -0.411. The van der Waals surface area contributed by atoms with Gasteiger partial charge in [-0.2, -0.15) is 0 Å². The van der Waals surface area contributed by atoms with Crippen LogP contribution in [0.3, 0.4) is 0 Å². The fourth-order valence-electron chi connectivity index (χ4n) is 2.74. The molecule has 1 heterocycles. The lowest BCUT2D eigenvalue weighted by Crippen LogP contribution is -2.41. The van der Waals surface area contributed by atoms with E-state index in [2.05, 4.69) is 10.6 Å². The van der Waals surface area contributed by atoms with Gasteiger partial charge in [0.25, 0.3) is 0 Å². The van der Waals surface area contributed by atoms with Crippen LogP contribution in [0.1, 0.15) is 27.7 Å². The standard InChI is InChI=1S/C21H26BFN2O4/c1-20(2)21(3,4)29-22(28-20)15-5-11-18(12-6-15)27-14-13-24-19(26)25-17-9-7-16(23)8-10-17/h5-12H,13-14H2,1-4H3,(H2,24,25,26). The van der Waals surface area contributed by atoms with E-state index >= 15 is 0 Å². The Morgan fingerprint density at radius 1 is 1.00 bits per heavy atom. The molecule has 1 fully saturated rings. The number of nitrogens with one attached hydrogen (secondary N) is 2. The van der Waals surface area contributed by atoms with Crippen LogP contribution in [0.4, 0.5) is 14.9 Å². The smallest absolute Gasteiger partial charge is 0.492 e. The Balaban J connectivity index is 1.41. The molecule has 29 heavy (non-hydrogen) atoms. The summed E-state index contributed by atoms with van der Waals surface area (Å²) in [6, 6.07) is 12.7. The fraction of sp³-hybridized carbons (Fsp3) is 0.381. The van der Waals surface area contributed by atoms with Crippen molar-refractivity contribution in [1.29, 1.82) is 0 Å². The molecule has 0 radical (unpaired) electrons. The van der Waals surface area contributed by atoms with Gasteiger partial charge in [-0.25, -0.2) is 9.18 Å². The topological polar surface area (TPSA) is 68.8 Å². The van der Waals surface area contributed by atoms with Crippen LogP contribution < -0.4 is 20.8 Å². The number of benzene rings is 2. The van der Waals surface area contributed by atoms with Crippen molar-refractivity contribution in [3.63, 3.8) is 0 Å². The number of rotatable bonds is 6. The Morgan fingerprint density at radius 3 is 2.17 bits per heavy atom. The molecule has 154 valence electrons. The largest absolute Gasteiger partial charge is 0.494 e. The molecule has 0 saturated carbocycles. The normalized spacial score (nSPS) is 17.1. The monoisotopic (exact) mass is 400 g/mol. The van der Waals surface area contributed by atoms with Crippen molar-refractivity contribution in [2.45, 2.75) is 38.9 Å². The Labute approximate surface area is 170 Å². The van der Waals surface area contributed by atoms with Gasteiger partial charge in [0.05, 0.1) is 17.7 Å². The van der Waals surface area contributed by atoms with Crippen molar-refractivity contribution < 1.29 is 23.2 Å². The fourth-order valence-corrected chi connectivity index (χ4v) is 2.74. The summed E-state index contributed by atoms with van der Waals surface area (Å²) >= 11 is 0. The molecule has 3 rings (SSSR count). The minimum absolute atomic E-state index is 0.312. The maximum Gasteiger partial charge on any atom is 0.494 e. The Bertz CT molecular complexity index is 825. The highest BCUT2D eigenvalue weighted by molar-refractivity contribution is 6.62. The van der Waals surface area contributed by atoms with E-state index in [1.165, 1.54) is 24.3 Å². The van der Waals surface area contributed by atoms with Crippen molar-refractivity contribution >= 4 is 24.3 Å². The van der Waals surface area contributed by atoms with E-state index in [-0.39, 0.29) is 23.1 Å². The van der Waals surface area contributed by atoms with Gasteiger partial charge in [0.15, 0.2) is 0 Å². The van der Waals surface area contributed by atoms with Crippen LogP contribution in [-0.2, 0) is 9.31 Å². The van der Waals surface area contributed by atoms with Gasteiger partial charge in [0.2, 0.25) is 0 Å². The Kier molecular flexibility index (Phi) is 6.14. The first-order valence-electron chi connectivity index (χ1n) is 9.55. The molecular weight excluding hydrogens is 374 g/mol. The van der Waals surface area contributed by atoms with Crippen molar-refractivity contribution in [3.8, 4) is 5.75 Å². The highest BCUT2D eigenvalue weighted by Crippen LogP contribution is 2.36. The summed E-state index contributed by atoms with van der Waals surface area (Å²) in [5.41, 5.74) is 0.677. The molecule has 2 aromatic carbocycles. The van der Waals surface area contributed by atoms with Gasteiger partial charge in [0.1, 0.15) is 18.2 Å². The molecule has 2 aromatic rings. The van der Waals surface area contributed by atoms with Gasteiger partial charge < -0.3 is 24.7 Å². The van der Waals surface area contributed by atoms with E-state index in [0.717, 1.165) is 5.46 Å². The van der Waals surface area contributed by atoms with Crippen molar-refractivity contribution in [1.82, 2.24) is 5.32 Å². The number of anilines is 1. The second-order valence-electron chi connectivity index (χ2n) is 7.89. The Morgan fingerprint density at radius 2 is 1.59 bits per heavy atom. The van der Waals surface area contributed by atoms with Gasteiger partial charge in [-0.05, 0) is 69.6 Å². The van der Waals surface area contributed by atoms with Gasteiger partial charge in [-0.15, -0.1) is 0 Å². The van der Waals surface area contributed by atoms with E-state index in [0.29, 0.717) is 24.6 Å². The summed E-state index contributed by atoms with van der Waals surface area (Å²) < 4.78 is 30.6. The van der Waals surface area contributed by atoms with Crippen LogP contribution in [0.15, 0.2) is 48.5 Å². The lowest BCUT2D eigenvalue weighted by molar-refractivity contribution is 0.00578. The SMILES string of the molecule is CC1(C)OB(c2ccc(OCCNC(=O)Nc3ccc(F)cc3)cc2)OC1(C)C. The van der Waals surface area contributed by atoms with Gasteiger partial charge in [0, 0.05) is 5.69 Å². The number of hydrogen-bond acceptors (Lipinski definition) is 4. The van der Waals surface area contributed by atoms with Crippen LogP contribution in [0.25, 0.3) is 0 Å². The third-order valence-corrected chi connectivity index (χ3v) is 5.16. The van der Waals surface area contributed by atoms with Crippen molar-refractivity contribution in [3.05, 3.63) is 54.3 Å². The highest BCUT2D eigenvalue weighted by atomic mass is 19.1. The van der Waals surface area contributed by atoms with Crippen LogP contribution >= 0.6 is 0 Å². The minimum Gasteiger partial charge on any atom is -0.492 e. The molecular formula is C21H26BFN2O4. The lowest BCUT2D eigenvalue weighted by Gasteiger charge is -2.32. The third kappa shape index (κ3) is 5.28. The Hall–Kier alpha value is -2.58. The van der Waals surface area contributed by atoms with Crippen molar-refractivity contribution in [2.24, 2.45) is 0 Å². The van der Waals surface area contributed by atoms with Crippen LogP contribution in [-0.4, -0.2) is 37.5 Å². The molecule has 1 saturated heterocycles. The number of carbonyl (C=O) groups is 1. The van der Waals surface area contributed by atoms with E-state index < -0.39 is 7.12 Å². The van der Waals surface area contributed by atoms with Gasteiger partial charge >= 0.3 is 13.1 Å². The zero-order chi connectivity index (χ0) is 21.1. The third-order valence-electron chi connectivity index (χ3n) is 5.16. The summed E-state index contributed by atoms with van der Waals surface area (Å²) in [5, 5.41) is 5.30. The molecule has 6 nitrogen and oxygen atoms in total. The number of urea groups is 1. The summed E-state index contributed by atoms with van der Waals surface area (Å²) in [5.74, 6) is 0.333. The zero-order valence-electron chi connectivity index (χ0n) is 17.1. The molecule has 0 spiro atoms. The van der Waals surface area contributed by atoms with E-state index in [4.69, 9.17) is 14.0 Å². The van der Waals surface area contributed by atoms with E-state index in [1.54, 1.807) is 0 Å². The number of amides is 2. The van der Waals surface area contributed by atoms with Gasteiger partial charge in [-0.3, -0.25) is 0 Å². The lowest BCUT2D eigenvalue weighted by atomic mass is 9.79. The second-order valence-corrected chi connectivity index (χ2v) is 7.89. The predicted octanol–water partition coefficient (Wildman–Crippen LogP) is 3.33. The maximum atomic E-state index is 12.9. The first kappa shape index (κ1) is 21.1. The molecule has 0 unspecified atom stereocenters. The average molecular weight is 400 g/mol. The zero-order valence-corrected chi connectivity index (χ0v) is 17.1. The number of hydrogen-bond donors (Lipinski definition) is 2. The number of ether oxygens (including phenoxy) is 1. The summed E-state index contributed by atoms with van der Waals surface area (Å²) in [6.07, 6.45) is 0. The molecule has 1 aliphatic heterocycles. The molecule has 2 N–H and O–H groups in total. The molecule has 0 bridgehead atoms. The van der Waals surface area contributed by atoms with Gasteiger partial charge in [-0.1, -0.05) is 12.1 Å². The maximum absolute atomic E-state index is 12.9. The summed E-state index contributed by atoms with van der Waals surface area (Å²) in [6.45, 7) is 8.71. The van der Waals surface area contributed by atoms with Crippen LogP contribution in [0.5, 0.6) is 5.75 Å². The van der Waals surface area contributed by atoms with E-state index in [9.17, 15) is 9.18 Å². The molecule has 2 amide bonds. The first-order valence-corrected chi connectivity index (χ1v) is 9.55. The average Bonchev–Trinajstić information content (AvgIpc) is 2.89. The first-order chi connectivity index (χ1) is 13.7. The number of carbonyl (C=O) groups excluding carboxylic acids is 1. The minimum atomic E-state index is -0.411. The van der Waals surface area contributed by atoms with E-state index in [1.807, 2.05) is 52.0 Å². The molecule has 1 aliphatic rings. The van der Waals surface area contributed by atoms with Crippen LogP contribution in [0, 0.1) is 5.82 Å². The number of halogens is 1. The molecule has 8 heteroatoms. The predicted molar refractivity (Wildman–Crippen MR) is 111 cm³/mol. The van der Waals surface area contributed by atoms with Crippen LogP contribution in [0.2, 0.25) is 0 Å². The quantitative estimate of drug-likeness (QED) is 0.577. The van der Waals surface area contributed by atoms with Crippen molar-refractivity contribution in [2.75, 3.05) is 18.5 Å². The molecule has 0 atom stereocenters. The second kappa shape index (κ2) is 8.43. The summed E-state index contributed by atoms with van der Waals surface area (Å²) in [4.78, 5) is 11.8.